The van der Waals surface area contributed by atoms with E-state index in [1.807, 2.05) is 24.3 Å². The van der Waals surface area contributed by atoms with Gasteiger partial charge in [-0.25, -0.2) is 4.39 Å². The van der Waals surface area contributed by atoms with Gasteiger partial charge in [-0.3, -0.25) is 5.10 Å². The minimum atomic E-state index is -0.230. The summed E-state index contributed by atoms with van der Waals surface area (Å²) in [6, 6.07) is 12.1. The van der Waals surface area contributed by atoms with E-state index in [0.29, 0.717) is 17.0 Å². The van der Waals surface area contributed by atoms with Gasteiger partial charge in [0.05, 0.1) is 6.20 Å². The molecule has 118 valence electrons. The van der Waals surface area contributed by atoms with Crippen molar-refractivity contribution >= 4 is 10.9 Å². The van der Waals surface area contributed by atoms with Crippen LogP contribution in [0.2, 0.25) is 0 Å². The van der Waals surface area contributed by atoms with Crippen molar-refractivity contribution in [3.8, 4) is 11.1 Å². The lowest BCUT2D eigenvalue weighted by Gasteiger charge is -2.29. The third-order valence-corrected chi connectivity index (χ3v) is 4.97. The summed E-state index contributed by atoms with van der Waals surface area (Å²) < 4.78 is 14.6. The van der Waals surface area contributed by atoms with Crippen molar-refractivity contribution in [2.45, 2.75) is 18.8 Å². The molecular weight excluding hydrogens is 289 g/mol. The zero-order valence-electron chi connectivity index (χ0n) is 13.2. The molecule has 1 saturated heterocycles. The first-order valence-corrected chi connectivity index (χ1v) is 8.13. The molecule has 0 unspecified atom stereocenters. The first-order valence-electron chi connectivity index (χ1n) is 8.13. The molecule has 1 aromatic heterocycles. The van der Waals surface area contributed by atoms with Gasteiger partial charge >= 0.3 is 0 Å². The van der Waals surface area contributed by atoms with Crippen LogP contribution < -0.4 is 0 Å². The number of piperidine rings is 1. The third-order valence-electron chi connectivity index (χ3n) is 4.97. The van der Waals surface area contributed by atoms with E-state index < -0.39 is 0 Å². The number of halogens is 1. The van der Waals surface area contributed by atoms with Crippen molar-refractivity contribution in [1.29, 1.82) is 0 Å². The molecule has 0 radical (unpaired) electrons. The summed E-state index contributed by atoms with van der Waals surface area (Å²) in [7, 11) is 2.17. The molecular formula is C19H20FN3. The molecule has 1 N–H and O–H groups in total. The predicted octanol–water partition coefficient (Wildman–Crippen LogP) is 4.18. The molecule has 4 rings (SSSR count). The van der Waals surface area contributed by atoms with Crippen LogP contribution in [-0.4, -0.2) is 35.2 Å². The van der Waals surface area contributed by atoms with Crippen molar-refractivity contribution in [3.05, 3.63) is 54.0 Å². The molecule has 1 fully saturated rings. The van der Waals surface area contributed by atoms with E-state index in [1.54, 1.807) is 6.20 Å². The number of H-pyrrole nitrogens is 1. The Labute approximate surface area is 135 Å². The molecule has 2 heterocycles. The highest BCUT2D eigenvalue weighted by molar-refractivity contribution is 5.84. The van der Waals surface area contributed by atoms with Crippen LogP contribution in [0.3, 0.4) is 0 Å². The predicted molar refractivity (Wildman–Crippen MR) is 91.0 cm³/mol. The van der Waals surface area contributed by atoms with E-state index in [2.05, 4.69) is 34.3 Å². The quantitative estimate of drug-likeness (QED) is 0.770. The van der Waals surface area contributed by atoms with E-state index in [-0.39, 0.29) is 5.82 Å². The van der Waals surface area contributed by atoms with Crippen molar-refractivity contribution in [2.24, 2.45) is 0 Å². The second-order valence-corrected chi connectivity index (χ2v) is 6.46. The maximum absolute atomic E-state index is 14.6. The van der Waals surface area contributed by atoms with Crippen LogP contribution in [0.1, 0.15) is 24.3 Å². The Balaban J connectivity index is 1.63. The van der Waals surface area contributed by atoms with Crippen LogP contribution in [0.25, 0.3) is 22.0 Å². The maximum Gasteiger partial charge on any atom is 0.156 e. The van der Waals surface area contributed by atoms with Gasteiger partial charge in [0.2, 0.25) is 0 Å². The Morgan fingerprint density at radius 1 is 1.09 bits per heavy atom. The van der Waals surface area contributed by atoms with Crippen LogP contribution in [-0.2, 0) is 0 Å². The lowest BCUT2D eigenvalue weighted by molar-refractivity contribution is 0.255. The summed E-state index contributed by atoms with van der Waals surface area (Å²) in [4.78, 5) is 2.37. The number of rotatable bonds is 2. The number of aromatic nitrogens is 2. The Bertz CT molecular complexity index is 814. The van der Waals surface area contributed by atoms with Crippen molar-refractivity contribution in [3.63, 3.8) is 0 Å². The number of hydrogen-bond acceptors (Lipinski definition) is 2. The van der Waals surface area contributed by atoms with Gasteiger partial charge in [0, 0.05) is 10.9 Å². The smallest absolute Gasteiger partial charge is 0.156 e. The van der Waals surface area contributed by atoms with Crippen LogP contribution >= 0.6 is 0 Å². The van der Waals surface area contributed by atoms with Crippen molar-refractivity contribution in [1.82, 2.24) is 15.1 Å². The zero-order valence-corrected chi connectivity index (χ0v) is 13.2. The van der Waals surface area contributed by atoms with Crippen LogP contribution in [0, 0.1) is 5.82 Å². The molecule has 23 heavy (non-hydrogen) atoms. The summed E-state index contributed by atoms with van der Waals surface area (Å²) in [5, 5.41) is 7.45. The van der Waals surface area contributed by atoms with Gasteiger partial charge in [0.25, 0.3) is 0 Å². The Hall–Kier alpha value is -2.20. The SMILES string of the molecule is CN1CCC(c2ccc(-c3ccc4cn[nH]c4c3F)cc2)CC1. The van der Waals surface area contributed by atoms with E-state index >= 15 is 0 Å². The lowest BCUT2D eigenvalue weighted by atomic mass is 9.88. The van der Waals surface area contributed by atoms with E-state index in [9.17, 15) is 4.39 Å². The van der Waals surface area contributed by atoms with E-state index in [4.69, 9.17) is 0 Å². The molecule has 1 aliphatic rings. The van der Waals surface area contributed by atoms with Gasteiger partial charge in [-0.1, -0.05) is 36.4 Å². The van der Waals surface area contributed by atoms with Crippen LogP contribution in [0.5, 0.6) is 0 Å². The van der Waals surface area contributed by atoms with Gasteiger partial charge in [-0.15, -0.1) is 0 Å². The van der Waals surface area contributed by atoms with E-state index in [0.717, 1.165) is 24.0 Å². The average Bonchev–Trinajstić information content (AvgIpc) is 3.06. The van der Waals surface area contributed by atoms with Crippen LogP contribution in [0.4, 0.5) is 4.39 Å². The summed E-state index contributed by atoms with van der Waals surface area (Å²) in [6.45, 7) is 2.30. The molecule has 2 aromatic carbocycles. The molecule has 0 bridgehead atoms. The molecule has 0 saturated carbocycles. The molecule has 3 aromatic rings. The Kier molecular flexibility index (Phi) is 3.62. The number of hydrogen-bond donors (Lipinski definition) is 1. The number of nitrogens with zero attached hydrogens (tertiary/aromatic N) is 2. The second-order valence-electron chi connectivity index (χ2n) is 6.46. The summed E-state index contributed by atoms with van der Waals surface area (Å²) in [5.74, 6) is 0.396. The topological polar surface area (TPSA) is 31.9 Å². The lowest BCUT2D eigenvalue weighted by Crippen LogP contribution is -2.29. The van der Waals surface area contributed by atoms with Gasteiger partial charge in [0.15, 0.2) is 5.82 Å². The van der Waals surface area contributed by atoms with Crippen LogP contribution in [0.15, 0.2) is 42.6 Å². The highest BCUT2D eigenvalue weighted by Gasteiger charge is 2.18. The number of fused-ring (bicyclic) bond motifs is 1. The highest BCUT2D eigenvalue weighted by atomic mass is 19.1. The average molecular weight is 309 g/mol. The molecule has 1 aliphatic heterocycles. The largest absolute Gasteiger partial charge is 0.306 e. The van der Waals surface area contributed by atoms with Gasteiger partial charge in [0.1, 0.15) is 5.52 Å². The molecule has 0 amide bonds. The molecule has 0 aliphatic carbocycles. The van der Waals surface area contributed by atoms with E-state index in [1.165, 1.54) is 18.4 Å². The fourth-order valence-electron chi connectivity index (χ4n) is 3.48. The fraction of sp³-hybridized carbons (Fsp3) is 0.316. The molecule has 0 atom stereocenters. The molecule has 0 spiro atoms. The minimum Gasteiger partial charge on any atom is -0.306 e. The van der Waals surface area contributed by atoms with Crippen molar-refractivity contribution in [2.75, 3.05) is 20.1 Å². The minimum absolute atomic E-state index is 0.230. The maximum atomic E-state index is 14.6. The summed E-state index contributed by atoms with van der Waals surface area (Å²) in [5.41, 5.74) is 3.37. The number of benzene rings is 2. The van der Waals surface area contributed by atoms with Gasteiger partial charge < -0.3 is 4.90 Å². The second kappa shape index (κ2) is 5.78. The highest BCUT2D eigenvalue weighted by Crippen LogP contribution is 2.31. The number of nitrogens with one attached hydrogen (secondary N) is 1. The molecule has 3 nitrogen and oxygen atoms in total. The van der Waals surface area contributed by atoms with Crippen molar-refractivity contribution < 1.29 is 4.39 Å². The van der Waals surface area contributed by atoms with Gasteiger partial charge in [-0.05, 0) is 50.0 Å². The zero-order chi connectivity index (χ0) is 15.8. The monoisotopic (exact) mass is 309 g/mol. The summed E-state index contributed by atoms with van der Waals surface area (Å²) >= 11 is 0. The molecule has 4 heteroatoms. The summed E-state index contributed by atoms with van der Waals surface area (Å²) in [6.07, 6.45) is 4.04. The first kappa shape index (κ1) is 14.4. The third kappa shape index (κ3) is 2.63. The standard InChI is InChI=1S/C19H20FN3/c1-23-10-8-14(9-11-23)13-2-4-15(5-3-13)17-7-6-16-12-21-22-19(16)18(17)20/h2-7,12,14H,8-11H2,1H3,(H,21,22). The fourth-order valence-corrected chi connectivity index (χ4v) is 3.48. The number of likely N-dealkylation sites (tertiary alicyclic amines) is 1. The first-order chi connectivity index (χ1) is 11.2. The normalized spacial score (nSPS) is 17.0. The Morgan fingerprint density at radius 2 is 1.83 bits per heavy atom. The number of aromatic amines is 1. The van der Waals surface area contributed by atoms with Gasteiger partial charge in [-0.2, -0.15) is 5.10 Å². The Morgan fingerprint density at radius 3 is 2.57 bits per heavy atom.